The van der Waals surface area contributed by atoms with Crippen molar-refractivity contribution in [1.29, 1.82) is 0 Å². The second-order valence-corrected chi connectivity index (χ2v) is 6.61. The fourth-order valence-corrected chi connectivity index (χ4v) is 3.93. The van der Waals surface area contributed by atoms with Gasteiger partial charge in [-0.05, 0) is 32.2 Å². The third kappa shape index (κ3) is 3.84. The summed E-state index contributed by atoms with van der Waals surface area (Å²) in [6, 6.07) is 10.8. The van der Waals surface area contributed by atoms with Gasteiger partial charge in [-0.25, -0.2) is 4.98 Å². The van der Waals surface area contributed by atoms with Crippen molar-refractivity contribution in [2.45, 2.75) is 25.8 Å². The van der Waals surface area contributed by atoms with Crippen molar-refractivity contribution < 1.29 is 0 Å². The number of halogens is 2. The average molecular weight is 382 g/mol. The standard InChI is InChI=1S/C18H23N5.2ClH/c1-12-16(13-6-3-2-4-7-13)21-18(19)22-17(12)23-10-14-8-5-9-20-15(14)11-23;;/h2-4,6-7,14-15,20H,5,8-11H2,1H3,(H2,19,21,22);2*1H/t14-,15+;;/m1../s1. The number of nitrogens with one attached hydrogen (secondary N) is 1. The van der Waals surface area contributed by atoms with Gasteiger partial charge in [-0.1, -0.05) is 30.3 Å². The number of anilines is 2. The van der Waals surface area contributed by atoms with Crippen molar-refractivity contribution in [1.82, 2.24) is 15.3 Å². The highest BCUT2D eigenvalue weighted by Gasteiger charge is 2.35. The molecule has 5 nitrogen and oxygen atoms in total. The number of hydrogen-bond donors (Lipinski definition) is 2. The molecular formula is C18H25Cl2N5. The zero-order chi connectivity index (χ0) is 15.8. The summed E-state index contributed by atoms with van der Waals surface area (Å²) in [4.78, 5) is 11.4. The van der Waals surface area contributed by atoms with Crippen LogP contribution in [0.15, 0.2) is 30.3 Å². The molecule has 3 heterocycles. The number of nitrogens with zero attached hydrogens (tertiary/aromatic N) is 3. The molecule has 0 bridgehead atoms. The Balaban J connectivity index is 0.00000113. The Morgan fingerprint density at radius 3 is 2.60 bits per heavy atom. The van der Waals surface area contributed by atoms with Crippen LogP contribution in [0.2, 0.25) is 0 Å². The first-order chi connectivity index (χ1) is 11.2. The summed E-state index contributed by atoms with van der Waals surface area (Å²) in [6.45, 7) is 5.31. The molecule has 2 fully saturated rings. The Kier molecular flexibility index (Phi) is 6.49. The van der Waals surface area contributed by atoms with Crippen molar-refractivity contribution in [3.8, 4) is 11.3 Å². The molecule has 25 heavy (non-hydrogen) atoms. The topological polar surface area (TPSA) is 67.1 Å². The Labute approximate surface area is 161 Å². The first-order valence-corrected chi connectivity index (χ1v) is 8.40. The summed E-state index contributed by atoms with van der Waals surface area (Å²) in [5.41, 5.74) is 9.16. The van der Waals surface area contributed by atoms with Crippen LogP contribution in [0.3, 0.4) is 0 Å². The van der Waals surface area contributed by atoms with Crippen LogP contribution in [-0.4, -0.2) is 35.6 Å². The fourth-order valence-electron chi connectivity index (χ4n) is 3.93. The van der Waals surface area contributed by atoms with E-state index in [2.05, 4.69) is 39.2 Å². The van der Waals surface area contributed by atoms with Gasteiger partial charge in [0.2, 0.25) is 5.95 Å². The second-order valence-electron chi connectivity index (χ2n) is 6.61. The van der Waals surface area contributed by atoms with Gasteiger partial charge in [0.15, 0.2) is 0 Å². The number of nitrogens with two attached hydrogens (primary N) is 1. The molecule has 2 atom stereocenters. The zero-order valence-corrected chi connectivity index (χ0v) is 15.9. The number of aromatic nitrogens is 2. The highest BCUT2D eigenvalue weighted by Crippen LogP contribution is 2.33. The molecule has 0 saturated carbocycles. The summed E-state index contributed by atoms with van der Waals surface area (Å²) >= 11 is 0. The molecule has 2 aromatic rings. The van der Waals surface area contributed by atoms with E-state index in [1.807, 2.05) is 18.2 Å². The molecule has 0 unspecified atom stereocenters. The largest absolute Gasteiger partial charge is 0.368 e. The maximum Gasteiger partial charge on any atom is 0.222 e. The van der Waals surface area contributed by atoms with E-state index in [1.165, 1.54) is 12.8 Å². The molecule has 7 heteroatoms. The van der Waals surface area contributed by atoms with Gasteiger partial charge >= 0.3 is 0 Å². The molecular weight excluding hydrogens is 357 g/mol. The van der Waals surface area contributed by atoms with Crippen LogP contribution in [0.25, 0.3) is 11.3 Å². The highest BCUT2D eigenvalue weighted by molar-refractivity contribution is 5.85. The van der Waals surface area contributed by atoms with Crippen molar-refractivity contribution in [2.75, 3.05) is 30.3 Å². The Morgan fingerprint density at radius 2 is 1.88 bits per heavy atom. The number of rotatable bonds is 2. The van der Waals surface area contributed by atoms with Crippen molar-refractivity contribution in [3.63, 3.8) is 0 Å². The van der Waals surface area contributed by atoms with E-state index < -0.39 is 0 Å². The summed E-state index contributed by atoms with van der Waals surface area (Å²) in [5.74, 6) is 2.07. The van der Waals surface area contributed by atoms with E-state index in [9.17, 15) is 0 Å². The van der Waals surface area contributed by atoms with Crippen molar-refractivity contribution in [2.24, 2.45) is 5.92 Å². The molecule has 0 aliphatic carbocycles. The Morgan fingerprint density at radius 1 is 1.12 bits per heavy atom. The normalized spacial score (nSPS) is 21.9. The van der Waals surface area contributed by atoms with Crippen LogP contribution in [0.4, 0.5) is 11.8 Å². The predicted molar refractivity (Wildman–Crippen MR) is 108 cm³/mol. The average Bonchev–Trinajstić information content (AvgIpc) is 3.01. The molecule has 136 valence electrons. The van der Waals surface area contributed by atoms with Gasteiger partial charge in [-0.2, -0.15) is 4.98 Å². The number of benzene rings is 1. The molecule has 4 rings (SSSR count). The summed E-state index contributed by atoms with van der Waals surface area (Å²) in [5, 5.41) is 3.64. The summed E-state index contributed by atoms with van der Waals surface area (Å²) in [7, 11) is 0. The van der Waals surface area contributed by atoms with Gasteiger partial charge in [-0.3, -0.25) is 0 Å². The van der Waals surface area contributed by atoms with Gasteiger partial charge in [0.05, 0.1) is 5.69 Å². The number of hydrogen-bond acceptors (Lipinski definition) is 5. The van der Waals surface area contributed by atoms with Gasteiger partial charge in [0.1, 0.15) is 5.82 Å². The van der Waals surface area contributed by atoms with Crippen LogP contribution in [0.5, 0.6) is 0 Å². The van der Waals surface area contributed by atoms with Crippen LogP contribution in [0.1, 0.15) is 18.4 Å². The van der Waals surface area contributed by atoms with E-state index >= 15 is 0 Å². The zero-order valence-electron chi connectivity index (χ0n) is 14.3. The van der Waals surface area contributed by atoms with E-state index in [4.69, 9.17) is 5.73 Å². The molecule has 1 aromatic heterocycles. The molecule has 0 spiro atoms. The number of piperidine rings is 1. The van der Waals surface area contributed by atoms with E-state index in [1.54, 1.807) is 0 Å². The number of nitrogen functional groups attached to an aromatic ring is 1. The maximum atomic E-state index is 6.02. The fraction of sp³-hybridized carbons (Fsp3) is 0.444. The lowest BCUT2D eigenvalue weighted by molar-refractivity contribution is 0.340. The van der Waals surface area contributed by atoms with Gasteiger partial charge in [0, 0.05) is 30.3 Å². The molecule has 2 saturated heterocycles. The minimum absolute atomic E-state index is 0. The lowest BCUT2D eigenvalue weighted by Gasteiger charge is -2.24. The third-order valence-electron chi connectivity index (χ3n) is 5.08. The first kappa shape index (κ1) is 19.8. The highest BCUT2D eigenvalue weighted by atomic mass is 35.5. The molecule has 1 aromatic carbocycles. The summed E-state index contributed by atoms with van der Waals surface area (Å²) < 4.78 is 0. The molecule has 0 radical (unpaired) electrons. The summed E-state index contributed by atoms with van der Waals surface area (Å²) in [6.07, 6.45) is 2.58. The molecule has 2 aliphatic heterocycles. The van der Waals surface area contributed by atoms with Crippen LogP contribution in [0, 0.1) is 12.8 Å². The van der Waals surface area contributed by atoms with Crippen LogP contribution < -0.4 is 16.0 Å². The van der Waals surface area contributed by atoms with E-state index in [0.29, 0.717) is 12.0 Å². The lowest BCUT2D eigenvalue weighted by atomic mass is 9.94. The quantitative estimate of drug-likeness (QED) is 0.836. The minimum Gasteiger partial charge on any atom is -0.368 e. The number of fused-ring (bicyclic) bond motifs is 1. The molecule has 2 aliphatic rings. The lowest BCUT2D eigenvalue weighted by Crippen LogP contribution is -2.40. The Hall–Kier alpha value is -1.56. The van der Waals surface area contributed by atoms with Crippen LogP contribution in [-0.2, 0) is 0 Å². The first-order valence-electron chi connectivity index (χ1n) is 8.40. The minimum atomic E-state index is 0. The van der Waals surface area contributed by atoms with Gasteiger partial charge in [0.25, 0.3) is 0 Å². The van der Waals surface area contributed by atoms with Gasteiger partial charge in [-0.15, -0.1) is 24.8 Å². The van der Waals surface area contributed by atoms with Crippen molar-refractivity contribution in [3.05, 3.63) is 35.9 Å². The van der Waals surface area contributed by atoms with Gasteiger partial charge < -0.3 is 16.0 Å². The monoisotopic (exact) mass is 381 g/mol. The predicted octanol–water partition coefficient (Wildman–Crippen LogP) is 3.07. The smallest absolute Gasteiger partial charge is 0.222 e. The third-order valence-corrected chi connectivity index (χ3v) is 5.08. The maximum absolute atomic E-state index is 6.02. The molecule has 3 N–H and O–H groups in total. The van der Waals surface area contributed by atoms with Crippen molar-refractivity contribution >= 4 is 36.6 Å². The van der Waals surface area contributed by atoms with Crippen LogP contribution >= 0.6 is 24.8 Å². The molecule has 0 amide bonds. The SMILES string of the molecule is Cc1c(-c2ccccc2)nc(N)nc1N1C[C@H]2CCCN[C@H]2C1.Cl.Cl. The van der Waals surface area contributed by atoms with E-state index in [-0.39, 0.29) is 24.8 Å². The Bertz CT molecular complexity index is 696. The van der Waals surface area contributed by atoms with E-state index in [0.717, 1.165) is 48.2 Å². The second kappa shape index (κ2) is 8.21.